The van der Waals surface area contributed by atoms with Crippen molar-refractivity contribution < 1.29 is 9.59 Å². The lowest BCUT2D eigenvalue weighted by Gasteiger charge is -2.16. The largest absolute Gasteiger partial charge is 0.342 e. The Morgan fingerprint density at radius 1 is 1.38 bits per heavy atom. The average molecular weight is 413 g/mol. The van der Waals surface area contributed by atoms with Crippen molar-refractivity contribution in [2.45, 2.75) is 26.2 Å². The first-order valence-electron chi connectivity index (χ1n) is 8.38. The lowest BCUT2D eigenvalue weighted by Crippen LogP contribution is -2.30. The first kappa shape index (κ1) is 19.3. The summed E-state index contributed by atoms with van der Waals surface area (Å²) < 4.78 is 0.970. The molecule has 132 valence electrons. The van der Waals surface area contributed by atoms with E-state index in [1.54, 1.807) is 11.8 Å². The van der Waals surface area contributed by atoms with E-state index in [9.17, 15) is 9.59 Å². The fourth-order valence-corrected chi connectivity index (χ4v) is 4.10. The summed E-state index contributed by atoms with van der Waals surface area (Å²) in [5, 5.41) is 2.90. The first-order chi connectivity index (χ1) is 11.5. The molecule has 0 aliphatic carbocycles. The van der Waals surface area contributed by atoms with Crippen molar-refractivity contribution in [3.05, 3.63) is 28.7 Å². The Kier molecular flexibility index (Phi) is 7.62. The summed E-state index contributed by atoms with van der Waals surface area (Å²) >= 11 is 5.12. The molecule has 6 heteroatoms. The Morgan fingerprint density at radius 2 is 2.08 bits per heavy atom. The number of anilines is 1. The third-order valence-corrected chi connectivity index (χ3v) is 5.64. The van der Waals surface area contributed by atoms with Gasteiger partial charge in [-0.2, -0.15) is 11.8 Å². The van der Waals surface area contributed by atoms with Gasteiger partial charge in [0, 0.05) is 29.7 Å². The lowest BCUT2D eigenvalue weighted by molar-refractivity contribution is -0.133. The number of halogens is 1. The Balaban J connectivity index is 1.97. The molecule has 24 heavy (non-hydrogen) atoms. The molecule has 0 unspecified atom stereocenters. The number of hydrogen-bond donors (Lipinski definition) is 1. The molecule has 0 bridgehead atoms. The minimum Gasteiger partial charge on any atom is -0.342 e. The molecule has 2 atom stereocenters. The second-order valence-electron chi connectivity index (χ2n) is 6.22. The van der Waals surface area contributed by atoms with E-state index in [-0.39, 0.29) is 30.1 Å². The summed E-state index contributed by atoms with van der Waals surface area (Å²) in [5.41, 5.74) is 0.762. The number of amides is 2. The van der Waals surface area contributed by atoms with Crippen LogP contribution in [0.2, 0.25) is 0 Å². The molecule has 0 radical (unpaired) electrons. The van der Waals surface area contributed by atoms with Gasteiger partial charge in [-0.25, -0.2) is 0 Å². The van der Waals surface area contributed by atoms with Crippen LogP contribution in [0, 0.1) is 11.8 Å². The van der Waals surface area contributed by atoms with E-state index in [2.05, 4.69) is 34.4 Å². The molecule has 0 aromatic heterocycles. The van der Waals surface area contributed by atoms with Gasteiger partial charge in [-0.05, 0) is 48.6 Å². The van der Waals surface area contributed by atoms with E-state index in [0.29, 0.717) is 0 Å². The molecule has 1 aliphatic heterocycles. The summed E-state index contributed by atoms with van der Waals surface area (Å²) in [7, 11) is 0. The van der Waals surface area contributed by atoms with Gasteiger partial charge in [-0.15, -0.1) is 0 Å². The van der Waals surface area contributed by atoms with Crippen LogP contribution in [0.15, 0.2) is 28.7 Å². The monoisotopic (exact) mass is 412 g/mol. The fourth-order valence-electron chi connectivity index (χ4n) is 3.07. The van der Waals surface area contributed by atoms with Gasteiger partial charge in [0.15, 0.2) is 0 Å². The Labute approximate surface area is 156 Å². The second-order valence-corrected chi connectivity index (χ2v) is 8.05. The van der Waals surface area contributed by atoms with E-state index >= 15 is 0 Å². The number of nitrogens with zero attached hydrogens (tertiary/aromatic N) is 1. The van der Waals surface area contributed by atoms with Gasteiger partial charge < -0.3 is 10.2 Å². The maximum atomic E-state index is 12.7. The third kappa shape index (κ3) is 5.24. The van der Waals surface area contributed by atoms with Gasteiger partial charge in [0.05, 0.1) is 5.92 Å². The minimum absolute atomic E-state index is 0.0842. The highest BCUT2D eigenvalue weighted by Crippen LogP contribution is 2.30. The number of thioether (sulfide) groups is 1. The zero-order valence-corrected chi connectivity index (χ0v) is 16.7. The van der Waals surface area contributed by atoms with Crippen LogP contribution in [-0.4, -0.2) is 41.8 Å². The van der Waals surface area contributed by atoms with Crippen LogP contribution in [0.25, 0.3) is 0 Å². The van der Waals surface area contributed by atoms with Crippen molar-refractivity contribution in [1.82, 2.24) is 4.90 Å². The molecule has 1 aromatic carbocycles. The van der Waals surface area contributed by atoms with Crippen molar-refractivity contribution >= 4 is 45.2 Å². The highest BCUT2D eigenvalue weighted by Gasteiger charge is 2.40. The van der Waals surface area contributed by atoms with E-state index in [4.69, 9.17) is 0 Å². The molecule has 1 N–H and O–H groups in total. The number of likely N-dealkylation sites (tertiary alicyclic amines) is 1. The maximum Gasteiger partial charge on any atom is 0.226 e. The van der Waals surface area contributed by atoms with Crippen molar-refractivity contribution in [3.63, 3.8) is 0 Å². The molecule has 0 saturated carbocycles. The maximum absolute atomic E-state index is 12.7. The van der Waals surface area contributed by atoms with Gasteiger partial charge in [0.2, 0.25) is 11.8 Å². The van der Waals surface area contributed by atoms with Crippen LogP contribution in [0.4, 0.5) is 5.69 Å². The molecule has 1 heterocycles. The van der Waals surface area contributed by atoms with Gasteiger partial charge in [-0.1, -0.05) is 29.3 Å². The molecule has 1 aliphatic rings. The average Bonchev–Trinajstić information content (AvgIpc) is 2.84. The van der Waals surface area contributed by atoms with Crippen LogP contribution >= 0.6 is 27.7 Å². The van der Waals surface area contributed by atoms with Crippen LogP contribution < -0.4 is 5.32 Å². The topological polar surface area (TPSA) is 49.4 Å². The van der Waals surface area contributed by atoms with Crippen molar-refractivity contribution in [3.8, 4) is 0 Å². The number of benzene rings is 1. The zero-order chi connectivity index (χ0) is 17.5. The predicted molar refractivity (Wildman–Crippen MR) is 104 cm³/mol. The van der Waals surface area contributed by atoms with Gasteiger partial charge in [0.25, 0.3) is 0 Å². The number of rotatable bonds is 8. The molecular formula is C18H25BrN2O2S. The normalized spacial score (nSPS) is 20.5. The van der Waals surface area contributed by atoms with E-state index in [0.717, 1.165) is 41.8 Å². The Bertz CT molecular complexity index is 565. The van der Waals surface area contributed by atoms with Gasteiger partial charge in [-0.3, -0.25) is 9.59 Å². The third-order valence-electron chi connectivity index (χ3n) is 4.35. The summed E-state index contributed by atoms with van der Waals surface area (Å²) in [6, 6.07) is 7.48. The smallest absolute Gasteiger partial charge is 0.226 e. The van der Waals surface area contributed by atoms with Crippen molar-refractivity contribution in [2.24, 2.45) is 11.8 Å². The molecule has 4 nitrogen and oxygen atoms in total. The highest BCUT2D eigenvalue weighted by atomic mass is 79.9. The van der Waals surface area contributed by atoms with Crippen LogP contribution in [0.3, 0.4) is 0 Å². The SMILES string of the molecule is CCCCN1C[C@H](CSC)[C@@H](CC(=O)Nc2ccc(Br)cc2)C1=O. The zero-order valence-electron chi connectivity index (χ0n) is 14.3. The standard InChI is InChI=1S/C18H25BrN2O2S/c1-3-4-9-21-11-13(12-24-2)16(18(21)23)10-17(22)20-15-7-5-14(19)6-8-15/h5-8,13,16H,3-4,9-12H2,1-2H3,(H,20,22)/t13-,16-/m1/s1. The summed E-state index contributed by atoms with van der Waals surface area (Å²) in [5.74, 6) is 1.06. The second kappa shape index (κ2) is 9.47. The Morgan fingerprint density at radius 3 is 2.71 bits per heavy atom. The molecular weight excluding hydrogens is 388 g/mol. The first-order valence-corrected chi connectivity index (χ1v) is 10.6. The van der Waals surface area contributed by atoms with Crippen LogP contribution in [-0.2, 0) is 9.59 Å². The van der Waals surface area contributed by atoms with Crippen LogP contribution in [0.1, 0.15) is 26.2 Å². The van der Waals surface area contributed by atoms with Crippen molar-refractivity contribution in [2.75, 3.05) is 30.4 Å². The number of carbonyl (C=O) groups is 2. The fraction of sp³-hybridized carbons (Fsp3) is 0.556. The van der Waals surface area contributed by atoms with E-state index < -0.39 is 0 Å². The molecule has 2 amide bonds. The molecule has 0 spiro atoms. The van der Waals surface area contributed by atoms with E-state index in [1.807, 2.05) is 29.2 Å². The highest BCUT2D eigenvalue weighted by molar-refractivity contribution is 9.10. The Hall–Kier alpha value is -1.01. The number of hydrogen-bond acceptors (Lipinski definition) is 3. The lowest BCUT2D eigenvalue weighted by atomic mass is 9.93. The molecule has 1 fully saturated rings. The number of unbranched alkanes of at least 4 members (excludes halogenated alkanes) is 1. The van der Waals surface area contributed by atoms with Gasteiger partial charge in [0.1, 0.15) is 0 Å². The molecule has 1 aromatic rings. The minimum atomic E-state index is -0.190. The molecule has 1 saturated heterocycles. The van der Waals surface area contributed by atoms with Gasteiger partial charge >= 0.3 is 0 Å². The molecule has 2 rings (SSSR count). The summed E-state index contributed by atoms with van der Waals surface area (Å²) in [6.45, 7) is 3.73. The predicted octanol–water partition coefficient (Wildman–Crippen LogP) is 4.02. The number of nitrogens with one attached hydrogen (secondary N) is 1. The van der Waals surface area contributed by atoms with Crippen molar-refractivity contribution in [1.29, 1.82) is 0 Å². The summed E-state index contributed by atoms with van der Waals surface area (Å²) in [4.78, 5) is 27.0. The van der Waals surface area contributed by atoms with Crippen LogP contribution in [0.5, 0.6) is 0 Å². The quantitative estimate of drug-likeness (QED) is 0.701. The summed E-state index contributed by atoms with van der Waals surface area (Å²) in [6.07, 6.45) is 4.42. The number of carbonyl (C=O) groups excluding carboxylic acids is 2. The van der Waals surface area contributed by atoms with E-state index in [1.165, 1.54) is 0 Å².